The summed E-state index contributed by atoms with van der Waals surface area (Å²) in [5, 5.41) is 13.9. The van der Waals surface area contributed by atoms with E-state index in [0.29, 0.717) is 18.9 Å². The van der Waals surface area contributed by atoms with Crippen molar-refractivity contribution in [1.29, 1.82) is 0 Å². The molecule has 1 amide bonds. The molecular weight excluding hydrogens is 331 g/mol. The Kier molecular flexibility index (Phi) is 5.53. The number of anilines is 1. The summed E-state index contributed by atoms with van der Waals surface area (Å²) in [6.07, 6.45) is 0. The van der Waals surface area contributed by atoms with Crippen molar-refractivity contribution in [1.82, 2.24) is 15.5 Å². The summed E-state index contributed by atoms with van der Waals surface area (Å²) in [5.41, 5.74) is 3.38. The first kappa shape index (κ1) is 17.5. The fraction of sp³-hybridized carbons (Fsp3) is 0.150. The average molecular weight is 350 g/mol. The number of nitrogens with zero attached hydrogens (tertiary/aromatic N) is 2. The topological polar surface area (TPSA) is 66.9 Å². The van der Waals surface area contributed by atoms with E-state index in [1.54, 1.807) is 24.3 Å². The number of nitrogens with one attached hydrogen (secondary N) is 2. The van der Waals surface area contributed by atoms with E-state index in [1.165, 1.54) is 17.7 Å². The van der Waals surface area contributed by atoms with Gasteiger partial charge < -0.3 is 10.6 Å². The summed E-state index contributed by atoms with van der Waals surface area (Å²) in [6, 6.07) is 17.5. The Morgan fingerprint density at radius 3 is 2.46 bits per heavy atom. The monoisotopic (exact) mass is 350 g/mol. The highest BCUT2D eigenvalue weighted by atomic mass is 19.1. The molecule has 3 rings (SSSR count). The second kappa shape index (κ2) is 8.20. The van der Waals surface area contributed by atoms with E-state index in [2.05, 4.69) is 26.9 Å². The number of carbonyl (C=O) groups is 1. The smallest absolute Gasteiger partial charge is 0.272 e. The predicted molar refractivity (Wildman–Crippen MR) is 98.1 cm³/mol. The van der Waals surface area contributed by atoms with E-state index in [4.69, 9.17) is 0 Å². The van der Waals surface area contributed by atoms with E-state index >= 15 is 0 Å². The molecule has 0 radical (unpaired) electrons. The third-order valence-corrected chi connectivity index (χ3v) is 3.82. The molecule has 0 aliphatic carbocycles. The number of hydrogen-bond donors (Lipinski definition) is 2. The first-order valence-corrected chi connectivity index (χ1v) is 8.26. The molecule has 0 spiro atoms. The summed E-state index contributed by atoms with van der Waals surface area (Å²) in [4.78, 5) is 12.1. The lowest BCUT2D eigenvalue weighted by atomic mass is 10.1. The molecule has 132 valence electrons. The highest BCUT2D eigenvalue weighted by Crippen LogP contribution is 2.08. The van der Waals surface area contributed by atoms with E-state index in [1.807, 2.05) is 25.1 Å². The molecule has 3 aromatic rings. The average Bonchev–Trinajstić information content (AvgIpc) is 2.66. The Hall–Kier alpha value is -3.28. The zero-order valence-electron chi connectivity index (χ0n) is 14.4. The number of amides is 1. The molecule has 0 unspecified atom stereocenters. The summed E-state index contributed by atoms with van der Waals surface area (Å²) < 4.78 is 12.9. The number of aromatic nitrogens is 2. The first-order valence-electron chi connectivity index (χ1n) is 8.26. The van der Waals surface area contributed by atoms with E-state index < -0.39 is 0 Å². The van der Waals surface area contributed by atoms with Crippen LogP contribution in [0.4, 0.5) is 10.2 Å². The molecule has 26 heavy (non-hydrogen) atoms. The fourth-order valence-electron chi connectivity index (χ4n) is 2.44. The molecule has 6 heteroatoms. The van der Waals surface area contributed by atoms with Crippen molar-refractivity contribution in [3.63, 3.8) is 0 Å². The SMILES string of the molecule is Cc1cccc(CNc2ccc(C(=O)NCc3ccc(F)cc3)nn2)c1. The first-order chi connectivity index (χ1) is 12.6. The van der Waals surface area contributed by atoms with Gasteiger partial charge in [0.25, 0.3) is 5.91 Å². The van der Waals surface area contributed by atoms with Crippen LogP contribution in [-0.4, -0.2) is 16.1 Å². The van der Waals surface area contributed by atoms with Gasteiger partial charge in [0.15, 0.2) is 5.69 Å². The Morgan fingerprint density at radius 2 is 1.77 bits per heavy atom. The van der Waals surface area contributed by atoms with E-state index in [0.717, 1.165) is 11.1 Å². The van der Waals surface area contributed by atoms with Gasteiger partial charge >= 0.3 is 0 Å². The molecule has 2 N–H and O–H groups in total. The predicted octanol–water partition coefficient (Wildman–Crippen LogP) is 3.47. The van der Waals surface area contributed by atoms with Gasteiger partial charge in [-0.2, -0.15) is 0 Å². The molecule has 0 aliphatic heterocycles. The Bertz CT molecular complexity index is 879. The van der Waals surface area contributed by atoms with Crippen molar-refractivity contribution in [2.75, 3.05) is 5.32 Å². The lowest BCUT2D eigenvalue weighted by Crippen LogP contribution is -2.24. The molecule has 2 aromatic carbocycles. The molecule has 0 saturated carbocycles. The van der Waals surface area contributed by atoms with Gasteiger partial charge in [-0.3, -0.25) is 4.79 Å². The maximum Gasteiger partial charge on any atom is 0.272 e. The quantitative estimate of drug-likeness (QED) is 0.714. The molecule has 0 aliphatic rings. The summed E-state index contributed by atoms with van der Waals surface area (Å²) in [5.74, 6) is -0.0339. The van der Waals surface area contributed by atoms with Gasteiger partial charge in [0.1, 0.15) is 11.6 Å². The Morgan fingerprint density at radius 1 is 0.962 bits per heavy atom. The number of rotatable bonds is 6. The minimum Gasteiger partial charge on any atom is -0.365 e. The lowest BCUT2D eigenvalue weighted by Gasteiger charge is -2.07. The standard InChI is InChI=1S/C20H19FN4O/c1-14-3-2-4-16(11-14)13-22-19-10-9-18(24-25-19)20(26)23-12-15-5-7-17(21)8-6-15/h2-11H,12-13H2,1H3,(H,22,25)(H,23,26). The summed E-state index contributed by atoms with van der Waals surface area (Å²) in [7, 11) is 0. The number of aryl methyl sites for hydroxylation is 1. The van der Waals surface area contributed by atoms with Crippen molar-refractivity contribution < 1.29 is 9.18 Å². The molecule has 5 nitrogen and oxygen atoms in total. The zero-order chi connectivity index (χ0) is 18.4. The largest absolute Gasteiger partial charge is 0.365 e. The number of hydrogen-bond acceptors (Lipinski definition) is 4. The van der Waals surface area contributed by atoms with Crippen molar-refractivity contribution in [3.8, 4) is 0 Å². The van der Waals surface area contributed by atoms with Crippen LogP contribution in [-0.2, 0) is 13.1 Å². The maximum absolute atomic E-state index is 12.9. The minimum absolute atomic E-state index is 0.230. The normalized spacial score (nSPS) is 10.4. The zero-order valence-corrected chi connectivity index (χ0v) is 14.4. The van der Waals surface area contributed by atoms with Crippen molar-refractivity contribution in [3.05, 3.63) is 88.9 Å². The van der Waals surface area contributed by atoms with Crippen LogP contribution in [0.1, 0.15) is 27.2 Å². The van der Waals surface area contributed by atoms with E-state index in [-0.39, 0.29) is 17.4 Å². The van der Waals surface area contributed by atoms with Crippen LogP contribution in [0, 0.1) is 12.7 Å². The number of carbonyl (C=O) groups excluding carboxylic acids is 1. The van der Waals surface area contributed by atoms with Crippen molar-refractivity contribution in [2.45, 2.75) is 20.0 Å². The molecule has 0 bridgehead atoms. The van der Waals surface area contributed by atoms with Gasteiger partial charge in [0.05, 0.1) is 0 Å². The van der Waals surface area contributed by atoms with Crippen molar-refractivity contribution in [2.24, 2.45) is 0 Å². The molecule has 1 aromatic heterocycles. The van der Waals surface area contributed by atoms with Crippen LogP contribution in [0.2, 0.25) is 0 Å². The van der Waals surface area contributed by atoms with Gasteiger partial charge in [-0.25, -0.2) is 4.39 Å². The number of halogens is 1. The van der Waals surface area contributed by atoms with Crippen LogP contribution < -0.4 is 10.6 Å². The third-order valence-electron chi connectivity index (χ3n) is 3.82. The molecule has 0 atom stereocenters. The Labute approximate surface area is 151 Å². The summed E-state index contributed by atoms with van der Waals surface area (Å²) in [6.45, 7) is 2.98. The van der Waals surface area contributed by atoms with Gasteiger partial charge in [0.2, 0.25) is 0 Å². The molecular formula is C20H19FN4O. The van der Waals surface area contributed by atoms with Gasteiger partial charge in [-0.1, -0.05) is 42.0 Å². The fourth-order valence-corrected chi connectivity index (χ4v) is 2.44. The summed E-state index contributed by atoms with van der Waals surface area (Å²) >= 11 is 0. The maximum atomic E-state index is 12.9. The molecule has 1 heterocycles. The van der Waals surface area contributed by atoms with Gasteiger partial charge in [0, 0.05) is 13.1 Å². The van der Waals surface area contributed by atoms with Crippen LogP contribution in [0.25, 0.3) is 0 Å². The molecule has 0 fully saturated rings. The van der Waals surface area contributed by atoms with Crippen LogP contribution in [0.15, 0.2) is 60.7 Å². The van der Waals surface area contributed by atoms with Gasteiger partial charge in [-0.15, -0.1) is 10.2 Å². The Balaban J connectivity index is 1.53. The van der Waals surface area contributed by atoms with Crippen LogP contribution in [0.3, 0.4) is 0 Å². The second-order valence-corrected chi connectivity index (χ2v) is 5.96. The highest BCUT2D eigenvalue weighted by molar-refractivity contribution is 5.92. The van der Waals surface area contributed by atoms with Crippen molar-refractivity contribution >= 4 is 11.7 Å². The number of benzene rings is 2. The van der Waals surface area contributed by atoms with E-state index in [9.17, 15) is 9.18 Å². The second-order valence-electron chi connectivity index (χ2n) is 5.96. The lowest BCUT2D eigenvalue weighted by molar-refractivity contribution is 0.0945. The van der Waals surface area contributed by atoms with Crippen LogP contribution >= 0.6 is 0 Å². The highest BCUT2D eigenvalue weighted by Gasteiger charge is 2.08. The third kappa shape index (κ3) is 4.86. The minimum atomic E-state index is -0.327. The van der Waals surface area contributed by atoms with Crippen LogP contribution in [0.5, 0.6) is 0 Å². The molecule has 0 saturated heterocycles. The van der Waals surface area contributed by atoms with Gasteiger partial charge in [-0.05, 0) is 42.3 Å².